The molecule has 1 aromatic heterocycles. The zero-order chi connectivity index (χ0) is 11.4. The van der Waals surface area contributed by atoms with Crippen LogP contribution in [0.3, 0.4) is 0 Å². The molecular formula is C11H17N3O2. The Morgan fingerprint density at radius 1 is 1.50 bits per heavy atom. The van der Waals surface area contributed by atoms with Crippen molar-refractivity contribution in [2.24, 2.45) is 0 Å². The van der Waals surface area contributed by atoms with E-state index < -0.39 is 0 Å². The predicted molar refractivity (Wildman–Crippen MR) is 58.8 cm³/mol. The Morgan fingerprint density at radius 3 is 2.81 bits per heavy atom. The van der Waals surface area contributed by atoms with Crippen LogP contribution in [0.15, 0.2) is 18.7 Å². The van der Waals surface area contributed by atoms with Crippen molar-refractivity contribution in [2.75, 3.05) is 20.2 Å². The van der Waals surface area contributed by atoms with Gasteiger partial charge in [0.05, 0.1) is 12.4 Å². The van der Waals surface area contributed by atoms with Crippen molar-refractivity contribution in [1.29, 1.82) is 0 Å². The van der Waals surface area contributed by atoms with Gasteiger partial charge in [0.15, 0.2) is 0 Å². The first-order valence-corrected chi connectivity index (χ1v) is 5.56. The highest BCUT2D eigenvalue weighted by molar-refractivity contribution is 5.76. The fourth-order valence-corrected chi connectivity index (χ4v) is 1.98. The molecule has 5 nitrogen and oxygen atoms in total. The minimum atomic E-state index is 0.160. The van der Waals surface area contributed by atoms with E-state index in [0.717, 1.165) is 25.9 Å². The van der Waals surface area contributed by atoms with E-state index in [1.807, 2.05) is 4.90 Å². The fraction of sp³-hybridized carbons (Fsp3) is 0.636. The van der Waals surface area contributed by atoms with Crippen molar-refractivity contribution in [3.8, 4) is 0 Å². The molecule has 0 radical (unpaired) electrons. The van der Waals surface area contributed by atoms with Gasteiger partial charge in [0.1, 0.15) is 6.54 Å². The predicted octanol–water partition coefficient (Wildman–Crippen LogP) is 0.520. The lowest BCUT2D eigenvalue weighted by Crippen LogP contribution is -2.42. The molecule has 1 saturated heterocycles. The number of hydrogen-bond acceptors (Lipinski definition) is 3. The quantitative estimate of drug-likeness (QED) is 0.750. The summed E-state index contributed by atoms with van der Waals surface area (Å²) in [5.74, 6) is 0.160. The Balaban J connectivity index is 1.82. The normalized spacial score (nSPS) is 17.7. The number of ether oxygens (including phenoxy) is 1. The van der Waals surface area contributed by atoms with Crippen LogP contribution < -0.4 is 0 Å². The number of likely N-dealkylation sites (tertiary alicyclic amines) is 1. The third-order valence-corrected chi connectivity index (χ3v) is 3.01. The van der Waals surface area contributed by atoms with Crippen molar-refractivity contribution in [3.05, 3.63) is 18.7 Å². The Morgan fingerprint density at radius 2 is 2.25 bits per heavy atom. The second kappa shape index (κ2) is 5.12. The topological polar surface area (TPSA) is 47.4 Å². The lowest BCUT2D eigenvalue weighted by atomic mass is 10.1. The number of hydrogen-bond donors (Lipinski definition) is 0. The summed E-state index contributed by atoms with van der Waals surface area (Å²) in [6.45, 7) is 1.98. The number of aromatic nitrogens is 2. The third-order valence-electron chi connectivity index (χ3n) is 3.01. The number of amides is 1. The molecule has 0 bridgehead atoms. The summed E-state index contributed by atoms with van der Waals surface area (Å²) in [7, 11) is 1.73. The molecule has 2 heterocycles. The van der Waals surface area contributed by atoms with Crippen LogP contribution in [0.2, 0.25) is 0 Å². The molecule has 0 aliphatic carbocycles. The molecule has 0 atom stereocenters. The van der Waals surface area contributed by atoms with Crippen LogP contribution in [0, 0.1) is 0 Å². The Labute approximate surface area is 95.0 Å². The lowest BCUT2D eigenvalue weighted by molar-refractivity contribution is -0.134. The molecule has 16 heavy (non-hydrogen) atoms. The van der Waals surface area contributed by atoms with Gasteiger partial charge in [-0.15, -0.1) is 0 Å². The highest BCUT2D eigenvalue weighted by atomic mass is 16.5. The standard InChI is InChI=1S/C11H17N3O2/c1-16-10-2-5-14(6-3-10)11(15)8-13-7-4-12-9-13/h4,7,9-10H,2-3,5-6,8H2,1H3. The molecule has 1 fully saturated rings. The zero-order valence-electron chi connectivity index (χ0n) is 9.50. The van der Waals surface area contributed by atoms with Crippen LogP contribution in [0.5, 0.6) is 0 Å². The van der Waals surface area contributed by atoms with Gasteiger partial charge in [0.25, 0.3) is 0 Å². The number of nitrogens with zero attached hydrogens (tertiary/aromatic N) is 3. The second-order valence-electron chi connectivity index (χ2n) is 4.05. The van der Waals surface area contributed by atoms with Gasteiger partial charge in [-0.05, 0) is 12.8 Å². The number of carbonyl (C=O) groups is 1. The molecule has 1 aliphatic heterocycles. The van der Waals surface area contributed by atoms with Gasteiger partial charge in [-0.25, -0.2) is 4.98 Å². The number of rotatable bonds is 3. The molecule has 1 amide bonds. The van der Waals surface area contributed by atoms with Crippen molar-refractivity contribution < 1.29 is 9.53 Å². The Bertz CT molecular complexity index is 329. The molecule has 0 unspecified atom stereocenters. The fourth-order valence-electron chi connectivity index (χ4n) is 1.98. The maximum Gasteiger partial charge on any atom is 0.242 e. The summed E-state index contributed by atoms with van der Waals surface area (Å²) in [6.07, 6.45) is 7.35. The Hall–Kier alpha value is -1.36. The summed E-state index contributed by atoms with van der Waals surface area (Å²) in [5, 5.41) is 0. The molecule has 88 valence electrons. The maximum absolute atomic E-state index is 11.9. The summed E-state index contributed by atoms with van der Waals surface area (Å²) >= 11 is 0. The number of methoxy groups -OCH3 is 1. The van der Waals surface area contributed by atoms with Crippen molar-refractivity contribution in [1.82, 2.24) is 14.5 Å². The van der Waals surface area contributed by atoms with E-state index in [1.165, 1.54) is 0 Å². The minimum Gasteiger partial charge on any atom is -0.381 e. The first-order chi connectivity index (χ1) is 7.79. The lowest BCUT2D eigenvalue weighted by Gasteiger charge is -2.31. The van der Waals surface area contributed by atoms with Gasteiger partial charge >= 0.3 is 0 Å². The summed E-state index contributed by atoms with van der Waals surface area (Å²) < 4.78 is 7.07. The van der Waals surface area contributed by atoms with Crippen LogP contribution in [-0.2, 0) is 16.1 Å². The van der Waals surface area contributed by atoms with Crippen molar-refractivity contribution >= 4 is 5.91 Å². The first kappa shape index (κ1) is 11.1. The minimum absolute atomic E-state index is 0.160. The smallest absolute Gasteiger partial charge is 0.242 e. The van der Waals surface area contributed by atoms with Gasteiger partial charge in [-0.3, -0.25) is 4.79 Å². The second-order valence-corrected chi connectivity index (χ2v) is 4.05. The molecule has 1 aromatic rings. The Kier molecular flexibility index (Phi) is 3.56. The molecule has 2 rings (SSSR count). The highest BCUT2D eigenvalue weighted by Gasteiger charge is 2.22. The van der Waals surface area contributed by atoms with E-state index >= 15 is 0 Å². The van der Waals surface area contributed by atoms with Gasteiger partial charge in [0, 0.05) is 32.6 Å². The van der Waals surface area contributed by atoms with E-state index in [1.54, 1.807) is 30.4 Å². The van der Waals surface area contributed by atoms with Crippen molar-refractivity contribution in [3.63, 3.8) is 0 Å². The monoisotopic (exact) mass is 223 g/mol. The summed E-state index contributed by atoms with van der Waals surface area (Å²) in [5.41, 5.74) is 0. The molecule has 0 saturated carbocycles. The number of carbonyl (C=O) groups excluding carboxylic acids is 1. The molecule has 5 heteroatoms. The molecule has 0 N–H and O–H groups in total. The van der Waals surface area contributed by atoms with Gasteiger partial charge in [-0.1, -0.05) is 0 Å². The highest BCUT2D eigenvalue weighted by Crippen LogP contribution is 2.13. The van der Waals surface area contributed by atoms with Gasteiger partial charge in [0.2, 0.25) is 5.91 Å². The average molecular weight is 223 g/mol. The van der Waals surface area contributed by atoms with Crippen LogP contribution in [0.1, 0.15) is 12.8 Å². The van der Waals surface area contributed by atoms with Gasteiger partial charge < -0.3 is 14.2 Å². The van der Waals surface area contributed by atoms with Crippen molar-refractivity contribution in [2.45, 2.75) is 25.5 Å². The summed E-state index contributed by atoms with van der Waals surface area (Å²) in [6, 6.07) is 0. The van der Waals surface area contributed by atoms with E-state index in [2.05, 4.69) is 4.98 Å². The maximum atomic E-state index is 11.9. The van der Waals surface area contributed by atoms with Crippen LogP contribution in [0.25, 0.3) is 0 Å². The van der Waals surface area contributed by atoms with Crippen LogP contribution in [0.4, 0.5) is 0 Å². The third kappa shape index (κ3) is 2.61. The molecular weight excluding hydrogens is 206 g/mol. The zero-order valence-corrected chi connectivity index (χ0v) is 9.50. The van der Waals surface area contributed by atoms with Crippen LogP contribution >= 0.6 is 0 Å². The SMILES string of the molecule is COC1CCN(C(=O)Cn2ccnc2)CC1. The first-order valence-electron chi connectivity index (χ1n) is 5.56. The van der Waals surface area contributed by atoms with E-state index in [-0.39, 0.29) is 5.91 Å². The molecule has 0 spiro atoms. The largest absolute Gasteiger partial charge is 0.381 e. The van der Waals surface area contributed by atoms with Gasteiger partial charge in [-0.2, -0.15) is 0 Å². The average Bonchev–Trinajstić information content (AvgIpc) is 2.82. The summed E-state index contributed by atoms with van der Waals surface area (Å²) in [4.78, 5) is 17.7. The molecule has 0 aromatic carbocycles. The van der Waals surface area contributed by atoms with E-state index in [0.29, 0.717) is 12.6 Å². The van der Waals surface area contributed by atoms with E-state index in [4.69, 9.17) is 4.74 Å². The number of imidazole rings is 1. The van der Waals surface area contributed by atoms with Crippen LogP contribution in [-0.4, -0.2) is 46.7 Å². The number of piperidine rings is 1. The molecule has 1 aliphatic rings. The van der Waals surface area contributed by atoms with E-state index in [9.17, 15) is 4.79 Å².